The van der Waals surface area contributed by atoms with Gasteiger partial charge in [0.25, 0.3) is 5.91 Å². The molecule has 0 fully saturated rings. The fraction of sp³-hybridized carbons (Fsp3) is 0. The van der Waals surface area contributed by atoms with Crippen LogP contribution in [-0.4, -0.2) is 16.0 Å². The SMILES string of the molecule is O=C(NC(=S)Nc1ccc(Cl)cc1-c1nc2ccccc2s1)c1cccs1. The molecule has 0 unspecified atom stereocenters. The lowest BCUT2D eigenvalue weighted by Crippen LogP contribution is -2.33. The van der Waals surface area contributed by atoms with E-state index >= 15 is 0 Å². The second-order valence-electron chi connectivity index (χ2n) is 5.56. The molecule has 4 rings (SSSR count). The third-order valence-corrected chi connectivity index (χ3v) is 6.10. The molecule has 0 saturated heterocycles. The first-order valence-corrected chi connectivity index (χ1v) is 10.4. The Morgan fingerprint density at radius 1 is 1.11 bits per heavy atom. The van der Waals surface area contributed by atoms with Crippen LogP contribution in [0.1, 0.15) is 9.67 Å². The topological polar surface area (TPSA) is 54.0 Å². The monoisotopic (exact) mass is 429 g/mol. The van der Waals surface area contributed by atoms with Crippen LogP contribution < -0.4 is 10.6 Å². The van der Waals surface area contributed by atoms with E-state index in [4.69, 9.17) is 23.8 Å². The first-order valence-electron chi connectivity index (χ1n) is 7.91. The number of halogens is 1. The number of hydrogen-bond acceptors (Lipinski definition) is 5. The molecule has 134 valence electrons. The molecule has 4 aromatic rings. The van der Waals surface area contributed by atoms with Crippen molar-refractivity contribution in [3.63, 3.8) is 0 Å². The number of carbonyl (C=O) groups excluding carboxylic acids is 1. The number of anilines is 1. The Bertz CT molecular complexity index is 1110. The lowest BCUT2D eigenvalue weighted by Gasteiger charge is -2.12. The molecule has 2 N–H and O–H groups in total. The van der Waals surface area contributed by atoms with E-state index in [1.165, 1.54) is 11.3 Å². The summed E-state index contributed by atoms with van der Waals surface area (Å²) in [4.78, 5) is 17.5. The van der Waals surface area contributed by atoms with Gasteiger partial charge in [-0.2, -0.15) is 0 Å². The number of thiocarbonyl (C=S) groups is 1. The highest BCUT2D eigenvalue weighted by Gasteiger charge is 2.14. The lowest BCUT2D eigenvalue weighted by atomic mass is 10.2. The quantitative estimate of drug-likeness (QED) is 0.404. The van der Waals surface area contributed by atoms with Crippen molar-refractivity contribution in [3.05, 3.63) is 69.9 Å². The number of fused-ring (bicyclic) bond motifs is 1. The van der Waals surface area contributed by atoms with Crippen molar-refractivity contribution in [2.45, 2.75) is 0 Å². The number of para-hydroxylation sites is 1. The van der Waals surface area contributed by atoms with Gasteiger partial charge in [0.05, 0.1) is 20.8 Å². The average Bonchev–Trinajstić information content (AvgIpc) is 3.32. The summed E-state index contributed by atoms with van der Waals surface area (Å²) in [5.74, 6) is -0.238. The zero-order valence-corrected chi connectivity index (χ0v) is 16.9. The summed E-state index contributed by atoms with van der Waals surface area (Å²) in [6, 6.07) is 16.9. The van der Waals surface area contributed by atoms with Crippen molar-refractivity contribution in [1.29, 1.82) is 0 Å². The largest absolute Gasteiger partial charge is 0.332 e. The molecule has 0 bridgehead atoms. The van der Waals surface area contributed by atoms with E-state index in [1.807, 2.05) is 47.8 Å². The first kappa shape index (κ1) is 18.1. The maximum Gasteiger partial charge on any atom is 0.267 e. The Morgan fingerprint density at radius 2 is 1.96 bits per heavy atom. The van der Waals surface area contributed by atoms with Crippen LogP contribution in [0.5, 0.6) is 0 Å². The van der Waals surface area contributed by atoms with Crippen LogP contribution in [0.3, 0.4) is 0 Å². The van der Waals surface area contributed by atoms with Gasteiger partial charge in [0.1, 0.15) is 5.01 Å². The predicted octanol–water partition coefficient (Wildman–Crippen LogP) is 5.81. The molecule has 0 atom stereocenters. The van der Waals surface area contributed by atoms with Crippen LogP contribution in [0, 0.1) is 0 Å². The van der Waals surface area contributed by atoms with Gasteiger partial charge in [0.2, 0.25) is 0 Å². The van der Waals surface area contributed by atoms with Gasteiger partial charge in [-0.15, -0.1) is 22.7 Å². The summed E-state index contributed by atoms with van der Waals surface area (Å²) >= 11 is 14.4. The molecule has 0 aliphatic rings. The van der Waals surface area contributed by atoms with Crippen molar-refractivity contribution in [2.24, 2.45) is 0 Å². The van der Waals surface area contributed by atoms with Gasteiger partial charge >= 0.3 is 0 Å². The maximum atomic E-state index is 12.2. The molecular weight excluding hydrogens is 418 g/mol. The number of nitrogens with zero attached hydrogens (tertiary/aromatic N) is 1. The molecule has 2 heterocycles. The van der Waals surface area contributed by atoms with Crippen LogP contribution in [0.15, 0.2) is 60.0 Å². The average molecular weight is 430 g/mol. The molecule has 4 nitrogen and oxygen atoms in total. The third kappa shape index (κ3) is 4.01. The standard InChI is InChI=1S/C19H12ClN3OS3/c20-11-7-8-13(22-19(25)23-17(24)16-6-3-9-26-16)12(10-11)18-21-14-4-1-2-5-15(14)27-18/h1-10H,(H2,22,23,24,25). The molecule has 2 aromatic heterocycles. The van der Waals surface area contributed by atoms with Crippen molar-refractivity contribution in [3.8, 4) is 10.6 Å². The van der Waals surface area contributed by atoms with E-state index in [0.29, 0.717) is 9.90 Å². The number of amides is 1. The van der Waals surface area contributed by atoms with Gasteiger partial charge in [-0.3, -0.25) is 10.1 Å². The zero-order chi connectivity index (χ0) is 18.8. The normalized spacial score (nSPS) is 10.7. The maximum absolute atomic E-state index is 12.2. The number of benzene rings is 2. The Balaban J connectivity index is 1.61. The Morgan fingerprint density at radius 3 is 2.74 bits per heavy atom. The lowest BCUT2D eigenvalue weighted by molar-refractivity contribution is 0.0981. The second kappa shape index (κ2) is 7.74. The fourth-order valence-electron chi connectivity index (χ4n) is 2.52. The van der Waals surface area contributed by atoms with Crippen molar-refractivity contribution >= 4 is 73.4 Å². The second-order valence-corrected chi connectivity index (χ2v) is 8.39. The number of hydrogen-bond donors (Lipinski definition) is 2. The highest BCUT2D eigenvalue weighted by molar-refractivity contribution is 7.80. The molecule has 1 amide bonds. The number of carbonyl (C=O) groups is 1. The summed E-state index contributed by atoms with van der Waals surface area (Å²) in [6.07, 6.45) is 0. The van der Waals surface area contributed by atoms with Crippen LogP contribution in [0.2, 0.25) is 5.02 Å². The Hall–Kier alpha value is -2.32. The van der Waals surface area contributed by atoms with Gasteiger partial charge in [-0.25, -0.2) is 4.98 Å². The number of rotatable bonds is 3. The van der Waals surface area contributed by atoms with E-state index < -0.39 is 0 Å². The van der Waals surface area contributed by atoms with Gasteiger partial charge in [0.15, 0.2) is 5.11 Å². The first-order chi connectivity index (χ1) is 13.1. The molecule has 0 aliphatic heterocycles. The van der Waals surface area contributed by atoms with Gasteiger partial charge in [0, 0.05) is 10.6 Å². The van der Waals surface area contributed by atoms with Crippen molar-refractivity contribution in [1.82, 2.24) is 10.3 Å². The number of nitrogens with one attached hydrogen (secondary N) is 2. The van der Waals surface area contributed by atoms with Crippen LogP contribution in [-0.2, 0) is 0 Å². The summed E-state index contributed by atoms with van der Waals surface area (Å²) < 4.78 is 1.09. The van der Waals surface area contributed by atoms with E-state index in [-0.39, 0.29) is 11.0 Å². The summed E-state index contributed by atoms with van der Waals surface area (Å²) in [5, 5.41) is 9.27. The molecule has 8 heteroatoms. The number of thiophene rings is 1. The van der Waals surface area contributed by atoms with Gasteiger partial charge in [-0.05, 0) is 54.0 Å². The minimum absolute atomic E-state index is 0.220. The van der Waals surface area contributed by atoms with Crippen LogP contribution in [0.25, 0.3) is 20.8 Å². The minimum Gasteiger partial charge on any atom is -0.332 e. The Labute approximate surface area is 173 Å². The molecule has 0 aliphatic carbocycles. The summed E-state index contributed by atoms with van der Waals surface area (Å²) in [6.45, 7) is 0. The third-order valence-electron chi connectivity index (χ3n) is 3.73. The van der Waals surface area contributed by atoms with Gasteiger partial charge < -0.3 is 5.32 Å². The molecular formula is C19H12ClN3OS3. The highest BCUT2D eigenvalue weighted by Crippen LogP contribution is 2.36. The van der Waals surface area contributed by atoms with E-state index in [9.17, 15) is 4.79 Å². The van der Waals surface area contributed by atoms with Crippen LogP contribution in [0.4, 0.5) is 5.69 Å². The molecule has 0 spiro atoms. The highest BCUT2D eigenvalue weighted by atomic mass is 35.5. The van der Waals surface area contributed by atoms with E-state index in [0.717, 1.165) is 26.5 Å². The van der Waals surface area contributed by atoms with E-state index in [1.54, 1.807) is 23.5 Å². The number of thiazole rings is 1. The summed E-state index contributed by atoms with van der Waals surface area (Å²) in [7, 11) is 0. The summed E-state index contributed by atoms with van der Waals surface area (Å²) in [5.41, 5.74) is 2.49. The van der Waals surface area contributed by atoms with Crippen molar-refractivity contribution < 1.29 is 4.79 Å². The molecule has 27 heavy (non-hydrogen) atoms. The fourth-order valence-corrected chi connectivity index (χ4v) is 4.51. The Kier molecular flexibility index (Phi) is 5.18. The van der Waals surface area contributed by atoms with E-state index in [2.05, 4.69) is 15.6 Å². The molecule has 0 saturated carbocycles. The van der Waals surface area contributed by atoms with Crippen LogP contribution >= 0.6 is 46.5 Å². The minimum atomic E-state index is -0.238. The van der Waals surface area contributed by atoms with Gasteiger partial charge in [-0.1, -0.05) is 29.8 Å². The number of aromatic nitrogens is 1. The molecule has 0 radical (unpaired) electrons. The van der Waals surface area contributed by atoms with Crippen molar-refractivity contribution in [2.75, 3.05) is 5.32 Å². The molecule has 2 aromatic carbocycles. The zero-order valence-electron chi connectivity index (χ0n) is 13.7. The predicted molar refractivity (Wildman–Crippen MR) is 118 cm³/mol. The smallest absolute Gasteiger partial charge is 0.267 e.